The number of ether oxygens (including phenoxy) is 3. The van der Waals surface area contributed by atoms with Crippen LogP contribution in [0, 0.1) is 34.1 Å². The van der Waals surface area contributed by atoms with Crippen LogP contribution in [0.1, 0.15) is 31.8 Å². The molecule has 2 aromatic carbocycles. The Kier molecular flexibility index (Phi) is 8.43. The molecule has 0 heterocycles. The second-order valence-electron chi connectivity index (χ2n) is 5.99. The number of nitrogens with zero attached hydrogens (tertiary/aromatic N) is 2. The zero-order valence-corrected chi connectivity index (χ0v) is 17.3. The predicted octanol–water partition coefficient (Wildman–Crippen LogP) is 3.31. The van der Waals surface area contributed by atoms with E-state index in [0.29, 0.717) is 11.1 Å². The van der Waals surface area contributed by atoms with E-state index in [-0.39, 0.29) is 34.0 Å². The molecule has 1 N–H and O–H groups in total. The molecule has 12 heteroatoms. The van der Waals surface area contributed by atoms with Crippen LogP contribution in [0.5, 0.6) is 11.5 Å². The van der Waals surface area contributed by atoms with E-state index in [2.05, 4.69) is 4.74 Å². The minimum atomic E-state index is -1.18. The maximum Gasteiger partial charge on any atom is 0.341 e. The Hall–Kier alpha value is -4.22. The van der Waals surface area contributed by atoms with Crippen LogP contribution in [0.4, 0.5) is 11.4 Å². The Labute approximate surface area is 176 Å². The van der Waals surface area contributed by atoms with Gasteiger partial charge in [0.15, 0.2) is 0 Å². The molecule has 2 aromatic rings. The summed E-state index contributed by atoms with van der Waals surface area (Å²) < 4.78 is 14.2. The van der Waals surface area contributed by atoms with Gasteiger partial charge in [-0.15, -0.1) is 0 Å². The van der Waals surface area contributed by atoms with Gasteiger partial charge in [0.1, 0.15) is 22.6 Å². The first-order valence-corrected chi connectivity index (χ1v) is 8.46. The molecule has 0 aliphatic rings. The third kappa shape index (κ3) is 5.88. The molecule has 2 rings (SSSR count). The number of carbonyl (C=O) groups is 2. The molecule has 0 bridgehead atoms. The smallest absolute Gasteiger partial charge is 0.341 e. The van der Waals surface area contributed by atoms with Crippen LogP contribution in [0.25, 0.3) is 0 Å². The van der Waals surface area contributed by atoms with Crippen molar-refractivity contribution >= 4 is 23.3 Å². The third-order valence-electron chi connectivity index (χ3n) is 4.07. The monoisotopic (exact) mass is 436 g/mol. The normalized spacial score (nSPS) is 9.71. The van der Waals surface area contributed by atoms with Gasteiger partial charge in [-0.2, -0.15) is 0 Å². The average molecular weight is 436 g/mol. The van der Waals surface area contributed by atoms with E-state index in [1.807, 2.05) is 0 Å². The lowest BCUT2D eigenvalue weighted by molar-refractivity contribution is -0.385. The van der Waals surface area contributed by atoms with Gasteiger partial charge < -0.3 is 19.3 Å². The van der Waals surface area contributed by atoms with Crippen molar-refractivity contribution in [3.63, 3.8) is 0 Å². The molecule has 0 amide bonds. The van der Waals surface area contributed by atoms with Crippen molar-refractivity contribution in [2.75, 3.05) is 21.3 Å². The van der Waals surface area contributed by atoms with Crippen LogP contribution in [0.3, 0.4) is 0 Å². The second kappa shape index (κ2) is 10.5. The van der Waals surface area contributed by atoms with Crippen molar-refractivity contribution in [2.24, 2.45) is 0 Å². The molecule has 0 unspecified atom stereocenters. The molecule has 31 heavy (non-hydrogen) atoms. The molecule has 12 nitrogen and oxygen atoms in total. The van der Waals surface area contributed by atoms with Gasteiger partial charge in [-0.3, -0.25) is 20.2 Å². The van der Waals surface area contributed by atoms with Crippen molar-refractivity contribution in [1.29, 1.82) is 0 Å². The van der Waals surface area contributed by atoms with E-state index in [9.17, 15) is 29.8 Å². The number of aryl methyl sites for hydroxylation is 2. The number of carboxylic acid groups (broad SMARTS) is 1. The van der Waals surface area contributed by atoms with Crippen molar-refractivity contribution < 1.29 is 38.8 Å². The summed E-state index contributed by atoms with van der Waals surface area (Å²) in [6, 6.07) is 4.92. The lowest BCUT2D eigenvalue weighted by atomic mass is 10.1. The third-order valence-corrected chi connectivity index (χ3v) is 4.07. The number of carboxylic acids is 1. The number of benzene rings is 2. The van der Waals surface area contributed by atoms with Crippen LogP contribution >= 0.6 is 0 Å². The van der Waals surface area contributed by atoms with Crippen molar-refractivity contribution in [3.05, 3.63) is 66.7 Å². The van der Waals surface area contributed by atoms with Crippen molar-refractivity contribution in [2.45, 2.75) is 13.8 Å². The molecule has 0 atom stereocenters. The van der Waals surface area contributed by atoms with E-state index in [1.165, 1.54) is 46.5 Å². The van der Waals surface area contributed by atoms with Crippen LogP contribution in [0.2, 0.25) is 0 Å². The summed E-state index contributed by atoms with van der Waals surface area (Å²) in [5.74, 6) is -1.65. The summed E-state index contributed by atoms with van der Waals surface area (Å²) in [6.07, 6.45) is 0. The van der Waals surface area contributed by atoms with Gasteiger partial charge in [0.2, 0.25) is 0 Å². The van der Waals surface area contributed by atoms with Gasteiger partial charge in [-0.1, -0.05) is 0 Å². The van der Waals surface area contributed by atoms with Crippen LogP contribution in [-0.2, 0) is 4.74 Å². The van der Waals surface area contributed by atoms with Gasteiger partial charge in [0.05, 0.1) is 43.3 Å². The molecule has 0 aliphatic carbocycles. The van der Waals surface area contributed by atoms with E-state index in [1.54, 1.807) is 6.92 Å². The highest BCUT2D eigenvalue weighted by atomic mass is 16.6. The van der Waals surface area contributed by atoms with Crippen molar-refractivity contribution in [3.8, 4) is 11.5 Å². The Bertz CT molecular complexity index is 1030. The molecule has 0 radical (unpaired) electrons. The predicted molar refractivity (Wildman–Crippen MR) is 107 cm³/mol. The Morgan fingerprint density at radius 3 is 1.52 bits per heavy atom. The van der Waals surface area contributed by atoms with E-state index in [0.717, 1.165) is 6.07 Å². The molecular weight excluding hydrogens is 416 g/mol. The number of nitro groups is 2. The van der Waals surface area contributed by atoms with Gasteiger partial charge in [0, 0.05) is 11.1 Å². The zero-order chi connectivity index (χ0) is 23.9. The summed E-state index contributed by atoms with van der Waals surface area (Å²) in [6.45, 7) is 3.02. The zero-order valence-electron chi connectivity index (χ0n) is 17.3. The fourth-order valence-electron chi connectivity index (χ4n) is 2.52. The number of esters is 1. The summed E-state index contributed by atoms with van der Waals surface area (Å²) in [5.41, 5.74) is 0.513. The summed E-state index contributed by atoms with van der Waals surface area (Å²) in [7, 11) is 3.83. The molecule has 0 aliphatic heterocycles. The largest absolute Gasteiger partial charge is 0.496 e. The summed E-state index contributed by atoms with van der Waals surface area (Å²) in [5, 5.41) is 30.0. The first kappa shape index (κ1) is 24.8. The van der Waals surface area contributed by atoms with Crippen LogP contribution in [0.15, 0.2) is 24.3 Å². The van der Waals surface area contributed by atoms with Gasteiger partial charge >= 0.3 is 11.9 Å². The fraction of sp³-hybridized carbons (Fsp3) is 0.263. The Morgan fingerprint density at radius 2 is 1.19 bits per heavy atom. The Morgan fingerprint density at radius 1 is 0.806 bits per heavy atom. The molecule has 166 valence electrons. The maximum atomic E-state index is 11.4. The molecule has 0 saturated carbocycles. The highest BCUT2D eigenvalue weighted by Crippen LogP contribution is 2.29. The number of hydrogen-bond acceptors (Lipinski definition) is 9. The molecular formula is C19H20N2O10. The number of methoxy groups -OCH3 is 3. The first-order valence-electron chi connectivity index (χ1n) is 8.46. The number of aromatic carboxylic acids is 1. The SMILES string of the molecule is COC(=O)c1cc(C)c([N+](=O)[O-])cc1OC.COc1cc([N+](=O)[O-])c(C)cc1C(=O)O. The van der Waals surface area contributed by atoms with E-state index in [4.69, 9.17) is 14.6 Å². The number of hydrogen-bond donors (Lipinski definition) is 1. The van der Waals surface area contributed by atoms with Crippen molar-refractivity contribution in [1.82, 2.24) is 0 Å². The van der Waals surface area contributed by atoms with Gasteiger partial charge in [0.25, 0.3) is 11.4 Å². The number of rotatable bonds is 6. The minimum absolute atomic E-state index is 0.0141. The first-order chi connectivity index (χ1) is 14.5. The molecule has 0 saturated heterocycles. The molecule has 0 aromatic heterocycles. The van der Waals surface area contributed by atoms with E-state index < -0.39 is 21.8 Å². The van der Waals surface area contributed by atoms with Gasteiger partial charge in [-0.25, -0.2) is 9.59 Å². The number of carbonyl (C=O) groups excluding carboxylic acids is 1. The topological polar surface area (TPSA) is 168 Å². The van der Waals surface area contributed by atoms with Crippen LogP contribution < -0.4 is 9.47 Å². The number of nitro benzene ring substituents is 2. The average Bonchev–Trinajstić information content (AvgIpc) is 2.72. The quantitative estimate of drug-likeness (QED) is 0.403. The lowest BCUT2D eigenvalue weighted by Gasteiger charge is -2.07. The highest BCUT2D eigenvalue weighted by molar-refractivity contribution is 5.93. The van der Waals surface area contributed by atoms with Gasteiger partial charge in [-0.05, 0) is 26.0 Å². The van der Waals surface area contributed by atoms with E-state index >= 15 is 0 Å². The standard InChI is InChI=1S/C10H11NO5.C9H9NO5/c1-6-4-7(10(12)16-3)9(15-2)5-8(6)11(13)14;1-5-3-6(9(11)12)8(15-2)4-7(5)10(13)14/h4-5H,1-3H3;3-4H,1-2H3,(H,11,12). The summed E-state index contributed by atoms with van der Waals surface area (Å²) in [4.78, 5) is 42.3. The summed E-state index contributed by atoms with van der Waals surface area (Å²) >= 11 is 0. The molecule has 0 spiro atoms. The highest BCUT2D eigenvalue weighted by Gasteiger charge is 2.21. The minimum Gasteiger partial charge on any atom is -0.496 e. The lowest BCUT2D eigenvalue weighted by Crippen LogP contribution is -2.05. The molecule has 0 fully saturated rings. The fourth-order valence-corrected chi connectivity index (χ4v) is 2.52. The van der Waals surface area contributed by atoms with Crippen LogP contribution in [-0.4, -0.2) is 48.2 Å². The Balaban J connectivity index is 0.000000311. The maximum absolute atomic E-state index is 11.4. The second-order valence-corrected chi connectivity index (χ2v) is 5.99.